The predicted molar refractivity (Wildman–Crippen MR) is 62.8 cm³/mol. The Hall–Kier alpha value is -1.95. The molecule has 0 spiro atoms. The van der Waals surface area contributed by atoms with Gasteiger partial charge in [-0.1, -0.05) is 0 Å². The number of hydrogen-bond acceptors (Lipinski definition) is 5. The van der Waals surface area contributed by atoms with Crippen LogP contribution in [0, 0.1) is 0 Å². The highest BCUT2D eigenvalue weighted by molar-refractivity contribution is 5.21. The second-order valence-electron chi connectivity index (χ2n) is 3.53. The Bertz CT molecular complexity index is 465. The van der Waals surface area contributed by atoms with Crippen molar-refractivity contribution in [1.29, 1.82) is 0 Å². The first-order valence-electron chi connectivity index (χ1n) is 5.49. The van der Waals surface area contributed by atoms with E-state index in [-0.39, 0.29) is 0 Å². The van der Waals surface area contributed by atoms with Gasteiger partial charge in [-0.25, -0.2) is 0 Å². The minimum atomic E-state index is 0.473. The minimum absolute atomic E-state index is 0.473. The molecule has 1 N–H and O–H groups in total. The third-order valence-corrected chi connectivity index (χ3v) is 2.21. The Morgan fingerprint density at radius 1 is 1.35 bits per heavy atom. The fraction of sp³-hybridized carbons (Fsp3) is 0.364. The van der Waals surface area contributed by atoms with Gasteiger partial charge in [-0.3, -0.25) is 4.68 Å². The number of nitrogens with one attached hydrogen (secondary N) is 1. The van der Waals surface area contributed by atoms with Crippen LogP contribution in [0.5, 0.6) is 11.6 Å². The van der Waals surface area contributed by atoms with Crippen molar-refractivity contribution in [2.75, 3.05) is 7.05 Å². The molecule has 0 unspecified atom stereocenters. The molecule has 0 radical (unpaired) electrons. The van der Waals surface area contributed by atoms with Crippen LogP contribution in [0.15, 0.2) is 24.5 Å². The maximum absolute atomic E-state index is 5.52. The van der Waals surface area contributed by atoms with Crippen LogP contribution in [0.3, 0.4) is 0 Å². The quantitative estimate of drug-likeness (QED) is 0.840. The summed E-state index contributed by atoms with van der Waals surface area (Å²) in [5.41, 5.74) is 0.879. The molecule has 0 fully saturated rings. The molecule has 90 valence electrons. The summed E-state index contributed by atoms with van der Waals surface area (Å²) in [5.74, 6) is 1.14. The van der Waals surface area contributed by atoms with Crippen molar-refractivity contribution in [3.05, 3.63) is 30.2 Å². The van der Waals surface area contributed by atoms with Crippen LogP contribution >= 0.6 is 0 Å². The molecule has 0 aliphatic heterocycles. The van der Waals surface area contributed by atoms with Gasteiger partial charge < -0.3 is 10.1 Å². The van der Waals surface area contributed by atoms with Gasteiger partial charge in [-0.05, 0) is 20.0 Å². The van der Waals surface area contributed by atoms with E-state index in [0.29, 0.717) is 18.2 Å². The van der Waals surface area contributed by atoms with E-state index in [9.17, 15) is 0 Å². The lowest BCUT2D eigenvalue weighted by molar-refractivity contribution is 0.452. The summed E-state index contributed by atoms with van der Waals surface area (Å²) in [7, 11) is 1.87. The van der Waals surface area contributed by atoms with E-state index in [1.54, 1.807) is 16.9 Å². The molecule has 17 heavy (non-hydrogen) atoms. The Labute approximate surface area is 99.6 Å². The van der Waals surface area contributed by atoms with Crippen molar-refractivity contribution < 1.29 is 4.74 Å². The topological polar surface area (TPSA) is 64.9 Å². The Kier molecular flexibility index (Phi) is 3.66. The van der Waals surface area contributed by atoms with E-state index in [2.05, 4.69) is 20.6 Å². The molecule has 2 rings (SSSR count). The summed E-state index contributed by atoms with van der Waals surface area (Å²) in [5, 5.41) is 15.1. The molecule has 0 aromatic carbocycles. The Morgan fingerprint density at radius 3 is 2.82 bits per heavy atom. The van der Waals surface area contributed by atoms with Crippen LogP contribution in [0.1, 0.15) is 12.6 Å². The second kappa shape index (κ2) is 5.40. The van der Waals surface area contributed by atoms with Crippen molar-refractivity contribution in [1.82, 2.24) is 25.3 Å². The van der Waals surface area contributed by atoms with E-state index in [0.717, 1.165) is 12.2 Å². The summed E-state index contributed by atoms with van der Waals surface area (Å²) in [6.07, 6.45) is 3.48. The van der Waals surface area contributed by atoms with E-state index in [1.807, 2.05) is 26.2 Å². The second-order valence-corrected chi connectivity index (χ2v) is 3.53. The Morgan fingerprint density at radius 2 is 2.24 bits per heavy atom. The van der Waals surface area contributed by atoms with Crippen molar-refractivity contribution in [3.63, 3.8) is 0 Å². The number of rotatable bonds is 5. The van der Waals surface area contributed by atoms with Crippen LogP contribution in [-0.2, 0) is 13.1 Å². The van der Waals surface area contributed by atoms with Crippen LogP contribution in [-0.4, -0.2) is 27.0 Å². The molecule has 6 nitrogen and oxygen atoms in total. The highest BCUT2D eigenvalue weighted by atomic mass is 16.5. The number of aromatic nitrogens is 4. The van der Waals surface area contributed by atoms with Crippen LogP contribution < -0.4 is 10.1 Å². The highest BCUT2D eigenvalue weighted by Crippen LogP contribution is 2.17. The monoisotopic (exact) mass is 233 g/mol. The van der Waals surface area contributed by atoms with Gasteiger partial charge in [0, 0.05) is 19.2 Å². The minimum Gasteiger partial charge on any atom is -0.434 e. The van der Waals surface area contributed by atoms with Gasteiger partial charge in [0.1, 0.15) is 0 Å². The maximum Gasteiger partial charge on any atom is 0.239 e. The third kappa shape index (κ3) is 3.01. The highest BCUT2D eigenvalue weighted by Gasteiger charge is 2.02. The summed E-state index contributed by atoms with van der Waals surface area (Å²) < 4.78 is 7.31. The average molecular weight is 233 g/mol. The zero-order chi connectivity index (χ0) is 12.1. The van der Waals surface area contributed by atoms with Gasteiger partial charge in [0.2, 0.25) is 5.88 Å². The molecule has 0 amide bonds. The van der Waals surface area contributed by atoms with Gasteiger partial charge in [-0.2, -0.15) is 10.2 Å². The molecule has 0 saturated heterocycles. The van der Waals surface area contributed by atoms with Crippen LogP contribution in [0.2, 0.25) is 0 Å². The third-order valence-electron chi connectivity index (χ3n) is 2.21. The van der Waals surface area contributed by atoms with Crippen LogP contribution in [0.25, 0.3) is 0 Å². The van der Waals surface area contributed by atoms with E-state index in [1.165, 1.54) is 0 Å². The molecule has 0 atom stereocenters. The van der Waals surface area contributed by atoms with Crippen molar-refractivity contribution in [2.45, 2.75) is 20.0 Å². The van der Waals surface area contributed by atoms with Crippen molar-refractivity contribution in [2.24, 2.45) is 0 Å². The summed E-state index contributed by atoms with van der Waals surface area (Å²) >= 11 is 0. The number of ether oxygens (including phenoxy) is 1. The van der Waals surface area contributed by atoms with Crippen LogP contribution in [0.4, 0.5) is 0 Å². The molecule has 6 heteroatoms. The number of hydrogen-bond donors (Lipinski definition) is 1. The standard InChI is InChI=1S/C11H15N5O/c1-3-16-8-10(7-13-16)17-11-5-4-9(6-12-2)14-15-11/h4-5,7-8,12H,3,6H2,1-2H3. The van der Waals surface area contributed by atoms with Crippen molar-refractivity contribution >= 4 is 0 Å². The molecule has 2 aromatic rings. The zero-order valence-corrected chi connectivity index (χ0v) is 9.92. The molecule has 0 saturated carbocycles. The van der Waals surface area contributed by atoms with E-state index in [4.69, 9.17) is 4.74 Å². The predicted octanol–water partition coefficient (Wildman–Crippen LogP) is 1.20. The summed E-state index contributed by atoms with van der Waals surface area (Å²) in [4.78, 5) is 0. The summed E-state index contributed by atoms with van der Waals surface area (Å²) in [6, 6.07) is 3.67. The maximum atomic E-state index is 5.52. The largest absolute Gasteiger partial charge is 0.434 e. The van der Waals surface area contributed by atoms with Gasteiger partial charge in [-0.15, -0.1) is 5.10 Å². The number of aryl methyl sites for hydroxylation is 1. The average Bonchev–Trinajstić information content (AvgIpc) is 2.80. The lowest BCUT2D eigenvalue weighted by atomic mass is 10.4. The first kappa shape index (κ1) is 11.5. The van der Waals surface area contributed by atoms with E-state index >= 15 is 0 Å². The molecule has 0 aliphatic carbocycles. The SMILES string of the molecule is CCn1cc(Oc2ccc(CNC)nn2)cn1. The normalized spacial score (nSPS) is 10.5. The Balaban J connectivity index is 2.03. The lowest BCUT2D eigenvalue weighted by Crippen LogP contribution is -2.07. The van der Waals surface area contributed by atoms with Crippen molar-refractivity contribution in [3.8, 4) is 11.6 Å². The molecule has 0 aliphatic rings. The van der Waals surface area contributed by atoms with Gasteiger partial charge >= 0.3 is 0 Å². The van der Waals surface area contributed by atoms with Gasteiger partial charge in [0.05, 0.1) is 18.1 Å². The molecular weight excluding hydrogens is 218 g/mol. The first-order chi connectivity index (χ1) is 8.31. The van der Waals surface area contributed by atoms with Gasteiger partial charge in [0.25, 0.3) is 0 Å². The summed E-state index contributed by atoms with van der Waals surface area (Å²) in [6.45, 7) is 3.53. The van der Waals surface area contributed by atoms with Gasteiger partial charge in [0.15, 0.2) is 5.75 Å². The fourth-order valence-electron chi connectivity index (χ4n) is 1.37. The fourth-order valence-corrected chi connectivity index (χ4v) is 1.37. The first-order valence-corrected chi connectivity index (χ1v) is 5.49. The molecule has 2 heterocycles. The zero-order valence-electron chi connectivity index (χ0n) is 9.92. The molecule has 2 aromatic heterocycles. The van der Waals surface area contributed by atoms with E-state index < -0.39 is 0 Å². The molecule has 0 bridgehead atoms. The number of nitrogens with zero attached hydrogens (tertiary/aromatic N) is 4. The lowest BCUT2D eigenvalue weighted by Gasteiger charge is -2.01. The smallest absolute Gasteiger partial charge is 0.239 e. The molecular formula is C11H15N5O.